The Hall–Kier alpha value is -1.54. The van der Waals surface area contributed by atoms with Gasteiger partial charge in [0.1, 0.15) is 0 Å². The van der Waals surface area contributed by atoms with Crippen molar-refractivity contribution in [1.29, 1.82) is 0 Å². The molecule has 0 saturated heterocycles. The van der Waals surface area contributed by atoms with Gasteiger partial charge < -0.3 is 14.2 Å². The third kappa shape index (κ3) is 9.96. The van der Waals surface area contributed by atoms with E-state index in [9.17, 15) is 19.7 Å². The predicted molar refractivity (Wildman–Crippen MR) is 82.5 cm³/mol. The van der Waals surface area contributed by atoms with Gasteiger partial charge in [0.2, 0.25) is 5.78 Å². The minimum atomic E-state index is -1.29. The highest BCUT2D eigenvalue weighted by atomic mass is 16.7. The molecule has 0 aliphatic heterocycles. The molecule has 0 bridgehead atoms. The van der Waals surface area contributed by atoms with Crippen LogP contribution >= 0.6 is 0 Å². The van der Waals surface area contributed by atoms with Crippen LogP contribution in [0.25, 0.3) is 0 Å². The maximum atomic E-state index is 12.0. The number of ether oxygens (including phenoxy) is 3. The van der Waals surface area contributed by atoms with E-state index >= 15 is 0 Å². The van der Waals surface area contributed by atoms with Crippen LogP contribution in [0.2, 0.25) is 0 Å². The van der Waals surface area contributed by atoms with E-state index in [1.165, 1.54) is 21.3 Å². The lowest BCUT2D eigenvalue weighted by Crippen LogP contribution is -2.34. The molecule has 0 rings (SSSR count). The molecule has 0 N–H and O–H groups in total. The molecule has 8 heteroatoms. The molecule has 0 heterocycles. The Morgan fingerprint density at radius 1 is 0.957 bits per heavy atom. The van der Waals surface area contributed by atoms with Crippen molar-refractivity contribution in [2.24, 2.45) is 0 Å². The summed E-state index contributed by atoms with van der Waals surface area (Å²) in [6, 6.07) is -1.29. The summed E-state index contributed by atoms with van der Waals surface area (Å²) in [6.07, 6.45) is 3.63. The number of unbranched alkanes of at least 4 members (excludes halogenated alkanes) is 4. The topological polar surface area (TPSA) is 105 Å². The first-order chi connectivity index (χ1) is 11.0. The summed E-state index contributed by atoms with van der Waals surface area (Å²) in [6.45, 7) is 0. The minimum absolute atomic E-state index is 0.0854. The largest absolute Gasteiger partial charge is 0.469 e. The Bertz CT molecular complexity index is 369. The SMILES string of the molecule is COC(=O)CCCCCCCC(=O)C(CC(OC)OC)[N+](=O)[O-]. The maximum Gasteiger partial charge on any atom is 0.305 e. The summed E-state index contributed by atoms with van der Waals surface area (Å²) < 4.78 is 14.4. The van der Waals surface area contributed by atoms with Crippen LogP contribution in [0.3, 0.4) is 0 Å². The highest BCUT2D eigenvalue weighted by Gasteiger charge is 2.32. The molecule has 0 aliphatic carbocycles. The quantitative estimate of drug-likeness (QED) is 0.158. The van der Waals surface area contributed by atoms with Gasteiger partial charge in [-0.15, -0.1) is 0 Å². The average molecular weight is 333 g/mol. The molecule has 8 nitrogen and oxygen atoms in total. The molecule has 0 saturated carbocycles. The summed E-state index contributed by atoms with van der Waals surface area (Å²) in [5, 5.41) is 11.0. The summed E-state index contributed by atoms with van der Waals surface area (Å²) >= 11 is 0. The second kappa shape index (κ2) is 13.0. The molecule has 0 fully saturated rings. The van der Waals surface area contributed by atoms with Gasteiger partial charge in [-0.2, -0.15) is 0 Å². The molecule has 0 aromatic heterocycles. The third-order valence-corrected chi connectivity index (χ3v) is 3.60. The van der Waals surface area contributed by atoms with Gasteiger partial charge in [-0.3, -0.25) is 19.7 Å². The van der Waals surface area contributed by atoms with E-state index < -0.39 is 23.0 Å². The van der Waals surface area contributed by atoms with E-state index in [2.05, 4.69) is 4.74 Å². The molecule has 0 amide bonds. The number of Topliss-reactive ketones (excluding diaryl/α,β-unsaturated/α-hetero) is 1. The van der Waals surface area contributed by atoms with Crippen molar-refractivity contribution in [1.82, 2.24) is 0 Å². The fraction of sp³-hybridized carbons (Fsp3) is 0.867. The number of methoxy groups -OCH3 is 3. The molecule has 0 spiro atoms. The summed E-state index contributed by atoms with van der Waals surface area (Å²) in [5.41, 5.74) is 0. The minimum Gasteiger partial charge on any atom is -0.469 e. The zero-order valence-corrected chi connectivity index (χ0v) is 14.1. The number of esters is 1. The van der Waals surface area contributed by atoms with Crippen LogP contribution in [-0.4, -0.2) is 50.3 Å². The van der Waals surface area contributed by atoms with Gasteiger partial charge in [-0.25, -0.2) is 0 Å². The highest BCUT2D eigenvalue weighted by Crippen LogP contribution is 2.13. The first-order valence-electron chi connectivity index (χ1n) is 7.74. The molecule has 0 radical (unpaired) electrons. The van der Waals surface area contributed by atoms with Crippen molar-refractivity contribution in [3.63, 3.8) is 0 Å². The normalized spacial score (nSPS) is 12.2. The highest BCUT2D eigenvalue weighted by molar-refractivity contribution is 5.82. The molecular weight excluding hydrogens is 306 g/mol. The number of nitro groups is 1. The number of carbonyl (C=O) groups excluding carboxylic acids is 2. The smallest absolute Gasteiger partial charge is 0.305 e. The Morgan fingerprint density at radius 2 is 1.48 bits per heavy atom. The van der Waals surface area contributed by atoms with E-state index in [1.807, 2.05) is 0 Å². The molecule has 0 aliphatic rings. The van der Waals surface area contributed by atoms with Gasteiger partial charge in [0, 0.05) is 32.0 Å². The van der Waals surface area contributed by atoms with E-state index in [0.717, 1.165) is 25.7 Å². The van der Waals surface area contributed by atoms with Crippen molar-refractivity contribution in [3.8, 4) is 0 Å². The van der Waals surface area contributed by atoms with Gasteiger partial charge in [0.25, 0.3) is 6.04 Å². The van der Waals surface area contributed by atoms with Crippen LogP contribution < -0.4 is 0 Å². The van der Waals surface area contributed by atoms with Crippen molar-refractivity contribution >= 4 is 11.8 Å². The predicted octanol–water partition coefficient (Wildman–Crippen LogP) is 2.11. The molecular formula is C15H27NO7. The lowest BCUT2D eigenvalue weighted by molar-refractivity contribution is -0.512. The first kappa shape index (κ1) is 21.5. The van der Waals surface area contributed by atoms with Gasteiger partial charge in [-0.05, 0) is 12.8 Å². The second-order valence-electron chi connectivity index (χ2n) is 5.25. The number of ketones is 1. The van der Waals surface area contributed by atoms with Crippen LogP contribution in [0.1, 0.15) is 51.4 Å². The number of rotatable bonds is 14. The number of hydrogen-bond donors (Lipinski definition) is 0. The fourth-order valence-electron chi connectivity index (χ4n) is 2.17. The molecule has 1 unspecified atom stereocenters. The summed E-state index contributed by atoms with van der Waals surface area (Å²) in [5.74, 6) is -0.622. The Kier molecular flexibility index (Phi) is 12.1. The summed E-state index contributed by atoms with van der Waals surface area (Å²) in [4.78, 5) is 33.3. The third-order valence-electron chi connectivity index (χ3n) is 3.60. The van der Waals surface area contributed by atoms with Gasteiger partial charge in [-0.1, -0.05) is 19.3 Å². The maximum absolute atomic E-state index is 12.0. The lowest BCUT2D eigenvalue weighted by atomic mass is 10.0. The molecule has 0 aromatic carbocycles. The Labute approximate surface area is 136 Å². The lowest BCUT2D eigenvalue weighted by Gasteiger charge is -2.15. The zero-order valence-electron chi connectivity index (χ0n) is 14.1. The number of carbonyl (C=O) groups is 2. The first-order valence-corrected chi connectivity index (χ1v) is 7.74. The van der Waals surface area contributed by atoms with E-state index in [4.69, 9.17) is 9.47 Å². The zero-order chi connectivity index (χ0) is 17.7. The van der Waals surface area contributed by atoms with Crippen LogP contribution in [0.4, 0.5) is 0 Å². The van der Waals surface area contributed by atoms with E-state index in [-0.39, 0.29) is 18.8 Å². The van der Waals surface area contributed by atoms with Crippen molar-refractivity contribution < 1.29 is 28.7 Å². The second-order valence-corrected chi connectivity index (χ2v) is 5.25. The van der Waals surface area contributed by atoms with Gasteiger partial charge in [0.05, 0.1) is 13.5 Å². The van der Waals surface area contributed by atoms with Crippen LogP contribution in [-0.2, 0) is 23.8 Å². The molecule has 0 aromatic rings. The van der Waals surface area contributed by atoms with Crippen LogP contribution in [0.5, 0.6) is 0 Å². The van der Waals surface area contributed by atoms with Crippen molar-refractivity contribution in [2.45, 2.75) is 63.7 Å². The monoisotopic (exact) mass is 333 g/mol. The van der Waals surface area contributed by atoms with Crippen LogP contribution in [0.15, 0.2) is 0 Å². The van der Waals surface area contributed by atoms with Gasteiger partial charge in [0.15, 0.2) is 6.29 Å². The Balaban J connectivity index is 3.96. The molecule has 1 atom stereocenters. The summed E-state index contributed by atoms with van der Waals surface area (Å²) in [7, 11) is 4.12. The number of nitrogens with zero attached hydrogens (tertiary/aromatic N) is 1. The van der Waals surface area contributed by atoms with E-state index in [1.54, 1.807) is 0 Å². The van der Waals surface area contributed by atoms with Crippen molar-refractivity contribution in [3.05, 3.63) is 10.1 Å². The molecule has 134 valence electrons. The molecule has 23 heavy (non-hydrogen) atoms. The van der Waals surface area contributed by atoms with Crippen LogP contribution in [0, 0.1) is 10.1 Å². The number of hydrogen-bond acceptors (Lipinski definition) is 7. The standard InChI is InChI=1S/C15H27NO7/c1-21-14(18)10-8-6-4-5-7-9-13(17)12(16(19)20)11-15(22-2)23-3/h12,15H,4-11H2,1-3H3. The van der Waals surface area contributed by atoms with E-state index in [0.29, 0.717) is 12.8 Å². The van der Waals surface area contributed by atoms with Crippen molar-refractivity contribution in [2.75, 3.05) is 21.3 Å². The van der Waals surface area contributed by atoms with Gasteiger partial charge >= 0.3 is 5.97 Å². The fourth-order valence-corrected chi connectivity index (χ4v) is 2.17. The average Bonchev–Trinajstić information content (AvgIpc) is 2.54. The Morgan fingerprint density at radius 3 is 1.96 bits per heavy atom.